The summed E-state index contributed by atoms with van der Waals surface area (Å²) in [6, 6.07) is 15.9. The molecule has 51 heavy (non-hydrogen) atoms. The van der Waals surface area contributed by atoms with Crippen LogP contribution in [0.4, 0.5) is 11.5 Å². The summed E-state index contributed by atoms with van der Waals surface area (Å²) in [7, 11) is 3.77. The fraction of sp³-hybridized carbons (Fsp3) is 0.405. The highest BCUT2D eigenvalue weighted by atomic mass is 32.2. The molecule has 2 N–H and O–H groups in total. The van der Waals surface area contributed by atoms with Crippen molar-refractivity contribution >= 4 is 44.2 Å². The molecule has 1 unspecified atom stereocenters. The van der Waals surface area contributed by atoms with Crippen LogP contribution in [0, 0.1) is 0 Å². The van der Waals surface area contributed by atoms with E-state index in [0.717, 1.165) is 39.0 Å². The van der Waals surface area contributed by atoms with Crippen LogP contribution in [0.5, 0.6) is 0 Å². The lowest BCUT2D eigenvalue weighted by Crippen LogP contribution is -2.50. The van der Waals surface area contributed by atoms with Crippen LogP contribution in [0.25, 0.3) is 27.3 Å². The Morgan fingerprint density at radius 2 is 1.86 bits per heavy atom. The summed E-state index contributed by atoms with van der Waals surface area (Å²) < 4.78 is 28.7. The highest BCUT2D eigenvalue weighted by Gasteiger charge is 2.34. The van der Waals surface area contributed by atoms with Gasteiger partial charge in [0, 0.05) is 86.9 Å². The molecule has 0 bridgehead atoms. The van der Waals surface area contributed by atoms with Crippen LogP contribution in [-0.2, 0) is 21.4 Å². The van der Waals surface area contributed by atoms with Gasteiger partial charge in [-0.3, -0.25) is 19.4 Å². The molecule has 4 heterocycles. The van der Waals surface area contributed by atoms with E-state index < -0.39 is 21.6 Å². The largest absolute Gasteiger partial charge is 0.388 e. The Kier molecular flexibility index (Phi) is 10.9. The van der Waals surface area contributed by atoms with Crippen LogP contribution in [-0.4, -0.2) is 109 Å². The number of likely N-dealkylation sites (tertiary alicyclic amines) is 1. The van der Waals surface area contributed by atoms with Crippen molar-refractivity contribution in [3.8, 4) is 11.3 Å². The summed E-state index contributed by atoms with van der Waals surface area (Å²) in [6.45, 7) is 6.46. The second-order valence-corrected chi connectivity index (χ2v) is 16.2. The first-order chi connectivity index (χ1) is 24.4. The summed E-state index contributed by atoms with van der Waals surface area (Å²) in [4.78, 5) is 26.5. The zero-order valence-corrected chi connectivity index (χ0v) is 30.9. The lowest BCUT2D eigenvalue weighted by Gasteiger charge is -2.42. The number of aliphatic imine (C=N–C) groups is 1. The first kappa shape index (κ1) is 36.2. The topological polar surface area (TPSA) is 142 Å². The van der Waals surface area contributed by atoms with Gasteiger partial charge in [0.15, 0.2) is 0 Å². The Bertz CT molecular complexity index is 2050. The van der Waals surface area contributed by atoms with Crippen LogP contribution in [0.2, 0.25) is 0 Å². The van der Waals surface area contributed by atoms with Gasteiger partial charge in [0.25, 0.3) is 0 Å². The van der Waals surface area contributed by atoms with Gasteiger partial charge in [-0.25, -0.2) is 17.8 Å². The van der Waals surface area contributed by atoms with Crippen LogP contribution >= 0.6 is 0 Å². The average molecular weight is 712 g/mol. The van der Waals surface area contributed by atoms with Crippen LogP contribution in [0.15, 0.2) is 78.1 Å². The Hall–Kier alpha value is -4.63. The number of anilines is 2. The average Bonchev–Trinajstić information content (AvgIpc) is 3.55. The highest BCUT2D eigenvalue weighted by Crippen LogP contribution is 2.34. The van der Waals surface area contributed by atoms with E-state index in [9.17, 15) is 13.2 Å². The van der Waals surface area contributed by atoms with Crippen molar-refractivity contribution in [2.24, 2.45) is 4.99 Å². The highest BCUT2D eigenvalue weighted by molar-refractivity contribution is 7.89. The minimum absolute atomic E-state index is 0.178. The molecule has 4 aromatic rings. The summed E-state index contributed by atoms with van der Waals surface area (Å²) in [5.41, 5.74) is 4.53. The van der Waals surface area contributed by atoms with Crippen molar-refractivity contribution in [3.05, 3.63) is 89.5 Å². The first-order valence-corrected chi connectivity index (χ1v) is 18.8. The normalized spacial score (nSPS) is 17.3. The van der Waals surface area contributed by atoms with E-state index >= 15 is 0 Å². The number of hydrogen-bond acceptors (Lipinski definition) is 9. The minimum Gasteiger partial charge on any atom is -0.388 e. The number of likely N-dealkylation sites (N-methyl/N-ethyl adjacent to an activating group) is 1. The number of rotatable bonds is 11. The third-order valence-corrected chi connectivity index (χ3v) is 11.6. The maximum Gasteiger partial charge on any atom is 0.248 e. The summed E-state index contributed by atoms with van der Waals surface area (Å²) in [5, 5.41) is 17.7. The van der Waals surface area contributed by atoms with Gasteiger partial charge in [-0.05, 0) is 62.0 Å². The van der Waals surface area contributed by atoms with Gasteiger partial charge in [-0.15, -0.1) is 0 Å². The van der Waals surface area contributed by atoms with E-state index in [2.05, 4.69) is 34.5 Å². The molecular formula is C37H47N10O3S-. The zero-order valence-electron chi connectivity index (χ0n) is 30.1. The smallest absolute Gasteiger partial charge is 0.248 e. The lowest BCUT2D eigenvalue weighted by atomic mass is 9.99. The number of nitrogens with one attached hydrogen (secondary N) is 2. The third kappa shape index (κ3) is 7.99. The molecule has 2 aromatic heterocycles. The number of amides is 1. The number of carbonyl (C=O) groups is 1. The van der Waals surface area contributed by atoms with Gasteiger partial charge in [0.2, 0.25) is 15.9 Å². The van der Waals surface area contributed by atoms with Gasteiger partial charge in [0.1, 0.15) is 6.29 Å². The van der Waals surface area contributed by atoms with Crippen molar-refractivity contribution in [2.45, 2.75) is 50.7 Å². The zero-order chi connectivity index (χ0) is 36.3. The van der Waals surface area contributed by atoms with Crippen LogP contribution in [0.3, 0.4) is 0 Å². The third-order valence-electron chi connectivity index (χ3n) is 9.30. The standard InChI is InChI=1S/C37H48N10O3S/c1-25(2)32-24-40-47-35(32)42-37(46-20-16-29(17-21-46)51(49,50)45(5)6)43-36(47)39-23-27-10-7-8-11-30(27)34-31-14-13-28(22-26(31)15-18-38-34)41-33(48)12-9-19-44(3)4/h7-15,18,22,24-25,29,37H,16-17,19-21,23H2,1-6H3,(H3,38,39,40,41,42,43,48)/p-1/b12-9+. The molecule has 1 amide bonds. The van der Waals surface area contributed by atoms with Crippen molar-refractivity contribution < 1.29 is 13.2 Å². The van der Waals surface area contributed by atoms with E-state index in [1.165, 1.54) is 4.31 Å². The maximum absolute atomic E-state index is 12.8. The molecule has 13 nitrogen and oxygen atoms in total. The van der Waals surface area contributed by atoms with Crippen LogP contribution in [0.1, 0.15) is 43.7 Å². The van der Waals surface area contributed by atoms with E-state index in [4.69, 9.17) is 15.3 Å². The minimum atomic E-state index is -3.32. The fourth-order valence-electron chi connectivity index (χ4n) is 6.47. The predicted octanol–water partition coefficient (Wildman–Crippen LogP) is 5.12. The molecule has 270 valence electrons. The van der Waals surface area contributed by atoms with Crippen molar-refractivity contribution in [2.75, 3.05) is 58.5 Å². The quantitative estimate of drug-likeness (QED) is 0.204. The molecule has 1 atom stereocenters. The summed E-state index contributed by atoms with van der Waals surface area (Å²) >= 11 is 0. The molecule has 14 heteroatoms. The molecule has 1 fully saturated rings. The molecule has 2 aromatic carbocycles. The van der Waals surface area contributed by atoms with Gasteiger partial charge < -0.3 is 25.8 Å². The second kappa shape index (κ2) is 15.3. The maximum atomic E-state index is 12.8. The number of benzene rings is 2. The first-order valence-electron chi connectivity index (χ1n) is 17.3. The van der Waals surface area contributed by atoms with Gasteiger partial charge in [-0.2, -0.15) is 0 Å². The monoisotopic (exact) mass is 711 g/mol. The molecule has 0 spiro atoms. The van der Waals surface area contributed by atoms with Crippen LogP contribution < -0.4 is 10.6 Å². The molecule has 6 rings (SSSR count). The Morgan fingerprint density at radius 3 is 2.59 bits per heavy atom. The molecule has 0 radical (unpaired) electrons. The number of fused-ring (bicyclic) bond motifs is 2. The molecule has 1 saturated heterocycles. The van der Waals surface area contributed by atoms with Gasteiger partial charge in [-0.1, -0.05) is 50.3 Å². The van der Waals surface area contributed by atoms with Gasteiger partial charge >= 0.3 is 0 Å². The van der Waals surface area contributed by atoms with E-state index in [0.29, 0.717) is 50.7 Å². The van der Waals surface area contributed by atoms with E-state index in [1.807, 2.05) is 79.8 Å². The van der Waals surface area contributed by atoms with Gasteiger partial charge in [0.05, 0.1) is 16.8 Å². The number of piperidine rings is 1. The lowest BCUT2D eigenvalue weighted by molar-refractivity contribution is -0.111. The summed E-state index contributed by atoms with van der Waals surface area (Å²) in [5.74, 6) is 1.39. The van der Waals surface area contributed by atoms with Crippen molar-refractivity contribution in [1.82, 2.24) is 28.9 Å². The Balaban J connectivity index is 1.23. The van der Waals surface area contributed by atoms with Crippen molar-refractivity contribution in [1.29, 1.82) is 0 Å². The fourth-order valence-corrected chi connectivity index (χ4v) is 7.87. The van der Waals surface area contributed by atoms with E-state index in [1.54, 1.807) is 31.1 Å². The number of sulfonamides is 1. The summed E-state index contributed by atoms with van der Waals surface area (Å²) in [6.07, 6.45) is 7.69. The van der Waals surface area contributed by atoms with Crippen molar-refractivity contribution in [3.63, 3.8) is 0 Å². The number of aromatic nitrogens is 3. The number of carbonyl (C=O) groups excluding carboxylic acids is 1. The molecular weight excluding hydrogens is 665 g/mol. The van der Waals surface area contributed by atoms with E-state index in [-0.39, 0.29) is 11.8 Å². The molecule has 2 aliphatic heterocycles. The molecule has 0 aliphatic carbocycles. The molecule has 2 aliphatic rings. The Morgan fingerprint density at radius 1 is 1.10 bits per heavy atom. The number of nitrogens with zero attached hydrogens (tertiary/aromatic N) is 8. The predicted molar refractivity (Wildman–Crippen MR) is 204 cm³/mol. The Labute approximate surface area is 300 Å². The SMILES string of the molecule is CC(C)c1cnn2c1NC(N1CCC(S(=O)(=O)N(C)C)CC1)N=C2[N-]Cc1ccccc1-c1nccc2cc(NC(=O)/C=C/CN(C)C)ccc12. The number of pyridine rings is 1. The molecule has 0 saturated carbocycles. The number of hydrogen-bond donors (Lipinski definition) is 2. The second-order valence-electron chi connectivity index (χ2n) is 13.7.